The minimum atomic E-state index is 0.0398. The van der Waals surface area contributed by atoms with Gasteiger partial charge in [0.1, 0.15) is 5.82 Å². The lowest BCUT2D eigenvalue weighted by molar-refractivity contribution is 0.255. The Balaban J connectivity index is 2.13. The fourth-order valence-electron chi connectivity index (χ4n) is 2.58. The predicted molar refractivity (Wildman–Crippen MR) is 68.1 cm³/mol. The highest BCUT2D eigenvalue weighted by Gasteiger charge is 2.43. The SMILES string of the molecule is CCc1nc2cc(C3(CO)CC3)ccc2n1C. The van der Waals surface area contributed by atoms with Crippen molar-refractivity contribution in [1.29, 1.82) is 0 Å². The lowest BCUT2D eigenvalue weighted by atomic mass is 9.97. The van der Waals surface area contributed by atoms with E-state index >= 15 is 0 Å². The predicted octanol–water partition coefficient (Wildman–Crippen LogP) is 2.16. The van der Waals surface area contributed by atoms with Crippen molar-refractivity contribution in [1.82, 2.24) is 9.55 Å². The molecule has 1 heterocycles. The molecule has 1 fully saturated rings. The van der Waals surface area contributed by atoms with Crippen LogP contribution in [-0.4, -0.2) is 21.3 Å². The first-order chi connectivity index (χ1) is 8.20. The second-order valence-electron chi connectivity index (χ2n) is 5.08. The number of rotatable bonds is 3. The highest BCUT2D eigenvalue weighted by Crippen LogP contribution is 2.48. The van der Waals surface area contributed by atoms with Crippen LogP contribution < -0.4 is 0 Å². The Morgan fingerprint density at radius 3 is 2.76 bits per heavy atom. The zero-order valence-corrected chi connectivity index (χ0v) is 10.4. The highest BCUT2D eigenvalue weighted by molar-refractivity contribution is 5.77. The van der Waals surface area contributed by atoms with Gasteiger partial charge in [-0.05, 0) is 30.5 Å². The molecule has 0 bridgehead atoms. The van der Waals surface area contributed by atoms with Crippen molar-refractivity contribution in [3.05, 3.63) is 29.6 Å². The molecular weight excluding hydrogens is 212 g/mol. The fourth-order valence-corrected chi connectivity index (χ4v) is 2.58. The number of nitrogens with zero attached hydrogens (tertiary/aromatic N) is 2. The van der Waals surface area contributed by atoms with E-state index in [0.29, 0.717) is 0 Å². The van der Waals surface area contributed by atoms with Crippen LogP contribution in [-0.2, 0) is 18.9 Å². The minimum Gasteiger partial charge on any atom is -0.395 e. The number of aliphatic hydroxyl groups excluding tert-OH is 1. The van der Waals surface area contributed by atoms with Crippen molar-refractivity contribution < 1.29 is 5.11 Å². The molecule has 0 saturated heterocycles. The van der Waals surface area contributed by atoms with Crippen LogP contribution >= 0.6 is 0 Å². The van der Waals surface area contributed by atoms with E-state index < -0.39 is 0 Å². The van der Waals surface area contributed by atoms with Crippen molar-refractivity contribution in [2.45, 2.75) is 31.6 Å². The molecule has 0 atom stereocenters. The van der Waals surface area contributed by atoms with Gasteiger partial charge in [0.25, 0.3) is 0 Å². The molecule has 1 aromatic carbocycles. The summed E-state index contributed by atoms with van der Waals surface area (Å²) in [5, 5.41) is 9.46. The normalized spacial score (nSPS) is 17.6. The maximum atomic E-state index is 9.46. The molecule has 1 aliphatic rings. The highest BCUT2D eigenvalue weighted by atomic mass is 16.3. The first-order valence-corrected chi connectivity index (χ1v) is 6.27. The molecule has 1 aromatic heterocycles. The van der Waals surface area contributed by atoms with Crippen molar-refractivity contribution in [3.63, 3.8) is 0 Å². The Bertz CT molecular complexity index is 567. The van der Waals surface area contributed by atoms with Crippen LogP contribution in [0.2, 0.25) is 0 Å². The fraction of sp³-hybridized carbons (Fsp3) is 0.500. The van der Waals surface area contributed by atoms with Gasteiger partial charge in [0.15, 0.2) is 0 Å². The third-order valence-corrected chi connectivity index (χ3v) is 4.06. The van der Waals surface area contributed by atoms with E-state index in [-0.39, 0.29) is 12.0 Å². The maximum Gasteiger partial charge on any atom is 0.109 e. The molecule has 2 aromatic rings. The van der Waals surface area contributed by atoms with E-state index in [2.05, 4.69) is 41.7 Å². The number of benzene rings is 1. The minimum absolute atomic E-state index is 0.0398. The number of hydrogen-bond acceptors (Lipinski definition) is 2. The number of aliphatic hydroxyl groups is 1. The van der Waals surface area contributed by atoms with Gasteiger partial charge in [-0.3, -0.25) is 0 Å². The van der Waals surface area contributed by atoms with Crippen LogP contribution in [0.5, 0.6) is 0 Å². The van der Waals surface area contributed by atoms with Gasteiger partial charge < -0.3 is 9.67 Å². The molecule has 1 N–H and O–H groups in total. The average molecular weight is 230 g/mol. The first kappa shape index (κ1) is 10.8. The van der Waals surface area contributed by atoms with Gasteiger partial charge in [0, 0.05) is 18.9 Å². The lowest BCUT2D eigenvalue weighted by Crippen LogP contribution is -2.11. The molecule has 3 nitrogen and oxygen atoms in total. The molecule has 17 heavy (non-hydrogen) atoms. The van der Waals surface area contributed by atoms with E-state index in [1.807, 2.05) is 0 Å². The molecule has 1 saturated carbocycles. The van der Waals surface area contributed by atoms with E-state index in [0.717, 1.165) is 30.6 Å². The van der Waals surface area contributed by atoms with Gasteiger partial charge in [-0.25, -0.2) is 4.98 Å². The average Bonchev–Trinajstić information content (AvgIpc) is 3.10. The Morgan fingerprint density at radius 1 is 1.41 bits per heavy atom. The second kappa shape index (κ2) is 3.57. The number of fused-ring (bicyclic) bond motifs is 1. The number of aryl methyl sites for hydroxylation is 2. The van der Waals surface area contributed by atoms with E-state index in [1.165, 1.54) is 11.1 Å². The van der Waals surface area contributed by atoms with Gasteiger partial charge >= 0.3 is 0 Å². The Kier molecular flexibility index (Phi) is 2.26. The van der Waals surface area contributed by atoms with Crippen LogP contribution in [0.4, 0.5) is 0 Å². The van der Waals surface area contributed by atoms with E-state index in [1.54, 1.807) is 0 Å². The van der Waals surface area contributed by atoms with Gasteiger partial charge in [0.2, 0.25) is 0 Å². The van der Waals surface area contributed by atoms with Crippen LogP contribution in [0.1, 0.15) is 31.2 Å². The molecular formula is C14H18N2O. The van der Waals surface area contributed by atoms with Gasteiger partial charge in [0.05, 0.1) is 17.6 Å². The summed E-state index contributed by atoms with van der Waals surface area (Å²) in [4.78, 5) is 4.65. The summed E-state index contributed by atoms with van der Waals surface area (Å²) in [6.07, 6.45) is 3.15. The van der Waals surface area contributed by atoms with Crippen LogP contribution in [0.3, 0.4) is 0 Å². The Morgan fingerprint density at radius 2 is 2.18 bits per heavy atom. The third kappa shape index (κ3) is 1.49. The zero-order chi connectivity index (χ0) is 12.0. The van der Waals surface area contributed by atoms with Crippen molar-refractivity contribution in [2.24, 2.45) is 7.05 Å². The lowest BCUT2D eigenvalue weighted by Gasteiger charge is -2.11. The molecule has 0 spiro atoms. The quantitative estimate of drug-likeness (QED) is 0.877. The topological polar surface area (TPSA) is 38.1 Å². The van der Waals surface area contributed by atoms with Gasteiger partial charge in [-0.2, -0.15) is 0 Å². The summed E-state index contributed by atoms with van der Waals surface area (Å²) in [6, 6.07) is 6.43. The first-order valence-electron chi connectivity index (χ1n) is 6.27. The van der Waals surface area contributed by atoms with Crippen molar-refractivity contribution in [3.8, 4) is 0 Å². The number of imidazole rings is 1. The Hall–Kier alpha value is -1.35. The standard InChI is InChI=1S/C14H18N2O/c1-3-13-15-11-8-10(14(9-17)6-7-14)4-5-12(11)16(13)2/h4-5,8,17H,3,6-7,9H2,1-2H3. The molecule has 3 rings (SSSR count). The van der Waals surface area contributed by atoms with Gasteiger partial charge in [-0.1, -0.05) is 13.0 Å². The summed E-state index contributed by atoms with van der Waals surface area (Å²) >= 11 is 0. The molecule has 90 valence electrons. The molecule has 0 aliphatic heterocycles. The monoisotopic (exact) mass is 230 g/mol. The largest absolute Gasteiger partial charge is 0.395 e. The zero-order valence-electron chi connectivity index (χ0n) is 10.4. The summed E-state index contributed by atoms with van der Waals surface area (Å²) in [5.74, 6) is 1.12. The molecule has 3 heteroatoms. The van der Waals surface area contributed by atoms with Crippen molar-refractivity contribution >= 4 is 11.0 Å². The van der Waals surface area contributed by atoms with Gasteiger partial charge in [-0.15, -0.1) is 0 Å². The van der Waals surface area contributed by atoms with Crippen LogP contribution in [0.25, 0.3) is 11.0 Å². The molecule has 0 unspecified atom stereocenters. The van der Waals surface area contributed by atoms with E-state index in [4.69, 9.17) is 0 Å². The summed E-state index contributed by atoms with van der Waals surface area (Å²) in [6.45, 7) is 2.38. The van der Waals surface area contributed by atoms with Crippen LogP contribution in [0, 0.1) is 0 Å². The molecule has 1 aliphatic carbocycles. The summed E-state index contributed by atoms with van der Waals surface area (Å²) < 4.78 is 2.15. The molecule has 0 amide bonds. The van der Waals surface area contributed by atoms with Crippen LogP contribution in [0.15, 0.2) is 18.2 Å². The molecule has 0 radical (unpaired) electrons. The third-order valence-electron chi connectivity index (χ3n) is 4.06. The summed E-state index contributed by atoms with van der Waals surface area (Å²) in [7, 11) is 2.06. The summed E-state index contributed by atoms with van der Waals surface area (Å²) in [5.41, 5.74) is 3.52. The number of hydrogen-bond donors (Lipinski definition) is 1. The smallest absolute Gasteiger partial charge is 0.109 e. The van der Waals surface area contributed by atoms with E-state index in [9.17, 15) is 5.11 Å². The Labute approximate surface area is 101 Å². The number of aromatic nitrogens is 2. The second-order valence-corrected chi connectivity index (χ2v) is 5.08. The maximum absolute atomic E-state index is 9.46. The van der Waals surface area contributed by atoms with Crippen molar-refractivity contribution in [2.75, 3.05) is 6.61 Å².